The van der Waals surface area contributed by atoms with Gasteiger partial charge in [0.05, 0.1) is 33.5 Å². The summed E-state index contributed by atoms with van der Waals surface area (Å²) in [5, 5.41) is 45.5. The topological polar surface area (TPSA) is 276 Å². The lowest BCUT2D eigenvalue weighted by Crippen LogP contribution is -2.37. The maximum absolute atomic E-state index is 10.6. The number of nitro groups is 2. The molecule has 0 spiro atoms. The van der Waals surface area contributed by atoms with Crippen LogP contribution in [0.25, 0.3) is 11.0 Å². The third kappa shape index (κ3) is 19.0. The molecule has 4 aromatic carbocycles. The van der Waals surface area contributed by atoms with Gasteiger partial charge in [-0.1, -0.05) is 63.6 Å². The molecule has 0 aliphatic carbocycles. The first-order valence-electron chi connectivity index (χ1n) is 19.5. The highest BCUT2D eigenvalue weighted by molar-refractivity contribution is 9.11. The van der Waals surface area contributed by atoms with Gasteiger partial charge in [0, 0.05) is 63.8 Å². The van der Waals surface area contributed by atoms with Crippen LogP contribution in [0.3, 0.4) is 0 Å². The van der Waals surface area contributed by atoms with Crippen molar-refractivity contribution in [1.82, 2.24) is 9.55 Å². The van der Waals surface area contributed by atoms with Crippen molar-refractivity contribution in [1.29, 1.82) is 0 Å². The largest absolute Gasteiger partial charge is 0.506 e. The van der Waals surface area contributed by atoms with Crippen molar-refractivity contribution < 1.29 is 48.5 Å². The minimum Gasteiger partial charge on any atom is -0.506 e. The fourth-order valence-electron chi connectivity index (χ4n) is 5.52. The molecule has 1 aromatic heterocycles. The molecule has 3 aliphatic heterocycles. The van der Waals surface area contributed by atoms with Gasteiger partial charge in [-0.05, 0) is 43.3 Å². The molecule has 25 heteroatoms. The summed E-state index contributed by atoms with van der Waals surface area (Å²) in [7, 11) is 4.40. The number of aromatic nitrogens is 2. The molecule has 4 heterocycles. The number of methoxy groups -OCH3 is 3. The Morgan fingerprint density at radius 1 is 0.806 bits per heavy atom. The smallest absolute Gasteiger partial charge is 0.296 e. The van der Waals surface area contributed by atoms with E-state index in [-0.39, 0.29) is 55.1 Å². The lowest BCUT2D eigenvalue weighted by molar-refractivity contribution is -0.384. The second-order valence-electron chi connectivity index (χ2n) is 12.6. The molecule has 0 saturated heterocycles. The number of phenols is 1. The fourth-order valence-corrected chi connectivity index (χ4v) is 6.05. The van der Waals surface area contributed by atoms with Crippen LogP contribution >= 0.6 is 67.5 Å². The van der Waals surface area contributed by atoms with Crippen LogP contribution < -0.4 is 36.3 Å². The van der Waals surface area contributed by atoms with E-state index in [9.17, 15) is 20.2 Å². The minimum absolute atomic E-state index is 0. The fraction of sp³-hybridized carbons (Fsp3) is 0.405. The SMILES string of the molecule is BrCCBr.C.CCO.COC(CCl)(OC)OC.Cl.ClCc1nc2cccc3c2n1CCO3.Nc1c(O)cccc1[N+](=O)[O-].Nc1cccc2c1NCCO2.O=[N+]([O-])c1cccc2c1NCCO2. The number of para-hydroxylation sites is 4. The van der Waals surface area contributed by atoms with Crippen LogP contribution in [0, 0.1) is 20.2 Å². The summed E-state index contributed by atoms with van der Waals surface area (Å²) in [6, 6.07) is 20.3. The number of nitro benzene ring substituents is 2. The number of hydrogen-bond donors (Lipinski definition) is 6. The van der Waals surface area contributed by atoms with Crippen molar-refractivity contribution >= 4 is 113 Å². The van der Waals surface area contributed by atoms with Gasteiger partial charge in [-0.25, -0.2) is 4.98 Å². The number of aromatic hydroxyl groups is 1. The minimum atomic E-state index is -1.07. The van der Waals surface area contributed by atoms with Crippen LogP contribution in [-0.2, 0) is 26.6 Å². The molecule has 5 aromatic rings. The van der Waals surface area contributed by atoms with E-state index in [0.29, 0.717) is 37.1 Å². The molecule has 0 bridgehead atoms. The number of halogens is 5. The van der Waals surface area contributed by atoms with Crippen molar-refractivity contribution in [3.8, 4) is 23.0 Å². The lowest BCUT2D eigenvalue weighted by atomic mass is 10.2. The number of aliphatic hydroxyl groups is 1. The Kier molecular flexibility index (Phi) is 31.3. The van der Waals surface area contributed by atoms with Crippen molar-refractivity contribution in [3.63, 3.8) is 0 Å². The highest BCUT2D eigenvalue weighted by Gasteiger charge is 2.27. The van der Waals surface area contributed by atoms with E-state index in [0.717, 1.165) is 70.1 Å². The molecule has 0 fully saturated rings. The van der Waals surface area contributed by atoms with Crippen LogP contribution in [0.5, 0.6) is 23.0 Å². The Bertz CT molecular complexity index is 2210. The third-order valence-corrected chi connectivity index (χ3v) is 10.9. The summed E-state index contributed by atoms with van der Waals surface area (Å²) in [4.78, 5) is 24.2. The number of ether oxygens (including phenoxy) is 6. The Labute approximate surface area is 422 Å². The van der Waals surface area contributed by atoms with Gasteiger partial charge in [0.25, 0.3) is 17.3 Å². The van der Waals surface area contributed by atoms with E-state index in [1.165, 1.54) is 45.6 Å². The third-order valence-electron chi connectivity index (χ3n) is 8.51. The first-order valence-corrected chi connectivity index (χ1v) is 22.8. The summed E-state index contributed by atoms with van der Waals surface area (Å²) >= 11 is 17.7. The summed E-state index contributed by atoms with van der Waals surface area (Å²) < 4.78 is 32.7. The summed E-state index contributed by atoms with van der Waals surface area (Å²) in [5.41, 5.74) is 14.7. The normalized spacial score (nSPS) is 12.0. The van der Waals surface area contributed by atoms with Gasteiger partial charge < -0.3 is 65.3 Å². The number of phenolic OH excluding ortho intramolecular Hbond substituents is 1. The molecule has 0 unspecified atom stereocenters. The molecule has 20 nitrogen and oxygen atoms in total. The molecule has 3 aliphatic rings. The Balaban J connectivity index is 0.000000785. The van der Waals surface area contributed by atoms with Crippen molar-refractivity contribution in [2.24, 2.45) is 0 Å². The quantitative estimate of drug-likeness (QED) is 0.0211. The first kappa shape index (κ1) is 62.2. The number of nitrogens with two attached hydrogens (primary N) is 2. The van der Waals surface area contributed by atoms with Gasteiger partial charge >= 0.3 is 0 Å². The van der Waals surface area contributed by atoms with Crippen molar-refractivity contribution in [2.75, 3.05) is 99.5 Å². The Hall–Kier alpha value is -4.78. The van der Waals surface area contributed by atoms with Crippen LogP contribution in [0.15, 0.2) is 72.8 Å². The average molecular weight is 1130 g/mol. The molecular weight excluding hydrogens is 1070 g/mol. The first-order chi connectivity index (χ1) is 31.3. The van der Waals surface area contributed by atoms with Gasteiger partial charge in [0.1, 0.15) is 65.7 Å². The van der Waals surface area contributed by atoms with Gasteiger partial charge in [0.2, 0.25) is 0 Å². The maximum Gasteiger partial charge on any atom is 0.296 e. The Morgan fingerprint density at radius 3 is 1.76 bits per heavy atom. The number of nitrogen functional groups attached to an aromatic ring is 2. The van der Waals surface area contributed by atoms with E-state index >= 15 is 0 Å². The zero-order chi connectivity index (χ0) is 48.4. The number of benzene rings is 4. The Morgan fingerprint density at radius 2 is 1.28 bits per heavy atom. The highest BCUT2D eigenvalue weighted by Crippen LogP contribution is 2.36. The van der Waals surface area contributed by atoms with Crippen LogP contribution in [-0.4, -0.2) is 113 Å². The van der Waals surface area contributed by atoms with Crippen LogP contribution in [0.1, 0.15) is 20.2 Å². The monoisotopic (exact) mass is 1130 g/mol. The number of nitrogens with zero attached hydrogens (tertiary/aromatic N) is 4. The molecule has 0 saturated carbocycles. The van der Waals surface area contributed by atoms with E-state index in [1.807, 2.05) is 36.4 Å². The molecule has 0 atom stereocenters. The molecule has 67 heavy (non-hydrogen) atoms. The molecule has 374 valence electrons. The average Bonchev–Trinajstić information content (AvgIpc) is 3.71. The van der Waals surface area contributed by atoms with E-state index in [2.05, 4.69) is 52.0 Å². The number of hydrogen-bond acceptors (Lipinski definition) is 17. The maximum atomic E-state index is 10.6. The van der Waals surface area contributed by atoms with Gasteiger partial charge in [-0.3, -0.25) is 20.2 Å². The standard InChI is InChI=1S/C10H9ClN2O.C8H8N2O3.C8H10N2O.C6H6N2O3.C5H11ClO3.C2H4Br2.C2H6O.CH4.ClH/c11-6-9-12-7-2-1-3-8-10(7)13(9)4-5-14-8;11-10(12)6-2-1-3-7-8(6)9-4-5-13-7;9-6-2-1-3-7-8(6)10-4-5-11-7;7-6-4(8(10)11)2-1-3-5(6)9;1-7-5(4-6,8-2)9-3;3-1-2-4;1-2-3;;/h1-3H,4-6H2;1-3,9H,4-5H2;1-3,10H,4-5,9H2;1-3,9H,7H2;4H2,1-3H3;1-2H2;3H,2H2,1H3;1H4;1H. The summed E-state index contributed by atoms with van der Waals surface area (Å²) in [5.74, 6) is 2.53. The number of anilines is 4. The number of nitrogens with one attached hydrogen (secondary N) is 2. The molecular formula is C42H59Br2Cl3N8O12. The van der Waals surface area contributed by atoms with Crippen molar-refractivity contribution in [2.45, 2.75) is 32.7 Å². The summed E-state index contributed by atoms with van der Waals surface area (Å²) in [6.45, 7) is 6.19. The van der Waals surface area contributed by atoms with Crippen molar-refractivity contribution in [3.05, 3.63) is 98.8 Å². The number of rotatable bonds is 8. The predicted molar refractivity (Wildman–Crippen MR) is 275 cm³/mol. The molecule has 0 amide bonds. The second kappa shape index (κ2) is 33.7. The zero-order valence-electron chi connectivity index (χ0n) is 36.5. The number of aliphatic hydroxyl groups excluding tert-OH is 1. The molecule has 0 radical (unpaired) electrons. The van der Waals surface area contributed by atoms with E-state index < -0.39 is 15.8 Å². The number of imidazole rings is 1. The summed E-state index contributed by atoms with van der Waals surface area (Å²) in [6.07, 6.45) is 0. The highest BCUT2D eigenvalue weighted by atomic mass is 79.9. The lowest BCUT2D eigenvalue weighted by Gasteiger charge is -2.25. The van der Waals surface area contributed by atoms with Crippen LogP contribution in [0.2, 0.25) is 0 Å². The van der Waals surface area contributed by atoms with Gasteiger partial charge in [-0.2, -0.15) is 0 Å². The van der Waals surface area contributed by atoms with Gasteiger partial charge in [0.15, 0.2) is 11.4 Å². The van der Waals surface area contributed by atoms with E-state index in [1.54, 1.807) is 19.1 Å². The van der Waals surface area contributed by atoms with Crippen LogP contribution in [0.4, 0.5) is 34.1 Å². The molecule has 8 N–H and O–H groups in total. The van der Waals surface area contributed by atoms with Gasteiger partial charge in [-0.15, -0.1) is 35.6 Å². The second-order valence-corrected chi connectivity index (χ2v) is 14.7. The zero-order valence-corrected chi connectivity index (χ0v) is 42.0. The van der Waals surface area contributed by atoms with E-state index in [4.69, 9.17) is 73.3 Å². The number of fused-ring (bicyclic) bond motifs is 2. The number of alkyl halides is 4. The molecule has 8 rings (SSSR count). The predicted octanol–water partition coefficient (Wildman–Crippen LogP) is 9.17.